The molecule has 0 aliphatic heterocycles. The summed E-state index contributed by atoms with van der Waals surface area (Å²) in [6.07, 6.45) is 6.71. The van der Waals surface area contributed by atoms with E-state index in [0.717, 1.165) is 5.76 Å². The van der Waals surface area contributed by atoms with Crippen molar-refractivity contribution < 1.29 is 4.74 Å². The minimum Gasteiger partial charge on any atom is -0.490 e. The Morgan fingerprint density at radius 3 is 2.40 bits per heavy atom. The first-order valence-electron chi connectivity index (χ1n) is 3.04. The molecule has 0 unspecified atom stereocenters. The van der Waals surface area contributed by atoms with Crippen LogP contribution in [0.5, 0.6) is 0 Å². The van der Waals surface area contributed by atoms with Crippen LogP contribution in [0.2, 0.25) is 0 Å². The molecular weight excluding hydrogens is 124 g/mol. The highest BCUT2D eigenvalue weighted by Crippen LogP contribution is 1.97. The zero-order valence-electron chi connectivity index (χ0n) is 6.05. The summed E-state index contributed by atoms with van der Waals surface area (Å²) in [4.78, 5) is 0. The standard InChI is InChI=1S/C9H12O/c1-4-7-9(6-3)10-8-5-2/h4-7H,1-3,8H2/b9-7+. The molecule has 0 aromatic carbocycles. The lowest BCUT2D eigenvalue weighted by Gasteiger charge is -2.00. The van der Waals surface area contributed by atoms with Crippen LogP contribution < -0.4 is 0 Å². The van der Waals surface area contributed by atoms with E-state index in [1.54, 1.807) is 24.3 Å². The van der Waals surface area contributed by atoms with Crippen molar-refractivity contribution in [1.29, 1.82) is 0 Å². The second-order valence-corrected chi connectivity index (χ2v) is 1.61. The zero-order chi connectivity index (χ0) is 7.82. The monoisotopic (exact) mass is 136 g/mol. The van der Waals surface area contributed by atoms with E-state index in [2.05, 4.69) is 19.7 Å². The Labute approximate surface area is 62.0 Å². The average Bonchev–Trinajstić information content (AvgIpc) is 1.98. The molecule has 0 aliphatic rings. The van der Waals surface area contributed by atoms with Gasteiger partial charge in [-0.05, 0) is 12.2 Å². The second kappa shape index (κ2) is 5.89. The number of hydrogen-bond donors (Lipinski definition) is 0. The van der Waals surface area contributed by atoms with Crippen molar-refractivity contribution >= 4 is 0 Å². The molecule has 0 N–H and O–H groups in total. The Kier molecular flexibility index (Phi) is 5.16. The molecule has 0 aromatic rings. The molecule has 0 aliphatic carbocycles. The molecular formula is C9H12O. The third kappa shape index (κ3) is 3.72. The zero-order valence-corrected chi connectivity index (χ0v) is 6.05. The van der Waals surface area contributed by atoms with Gasteiger partial charge in [0.15, 0.2) is 0 Å². The fraction of sp³-hybridized carbons (Fsp3) is 0.111. The maximum Gasteiger partial charge on any atom is 0.119 e. The molecule has 0 atom stereocenters. The average molecular weight is 136 g/mol. The third-order valence-corrected chi connectivity index (χ3v) is 0.851. The van der Waals surface area contributed by atoms with Gasteiger partial charge < -0.3 is 4.74 Å². The van der Waals surface area contributed by atoms with Gasteiger partial charge in [0.1, 0.15) is 12.4 Å². The summed E-state index contributed by atoms with van der Waals surface area (Å²) in [6, 6.07) is 0. The largest absolute Gasteiger partial charge is 0.490 e. The number of allylic oxidation sites excluding steroid dienone is 3. The predicted octanol–water partition coefficient (Wildman–Crippen LogP) is 2.44. The highest BCUT2D eigenvalue weighted by atomic mass is 16.5. The third-order valence-electron chi connectivity index (χ3n) is 0.851. The van der Waals surface area contributed by atoms with Gasteiger partial charge in [-0.15, -0.1) is 0 Å². The topological polar surface area (TPSA) is 9.23 Å². The van der Waals surface area contributed by atoms with Gasteiger partial charge in [-0.3, -0.25) is 0 Å². The summed E-state index contributed by atoms with van der Waals surface area (Å²) in [5.41, 5.74) is 0. The van der Waals surface area contributed by atoms with Crippen molar-refractivity contribution in [3.05, 3.63) is 49.8 Å². The maximum atomic E-state index is 5.13. The molecule has 0 rings (SSSR count). The van der Waals surface area contributed by atoms with Crippen molar-refractivity contribution in [2.75, 3.05) is 6.61 Å². The SMILES string of the molecule is C=C/C=C(\C=C)OCC=C. The van der Waals surface area contributed by atoms with Crippen molar-refractivity contribution in [2.24, 2.45) is 0 Å². The Morgan fingerprint density at radius 2 is 2.00 bits per heavy atom. The van der Waals surface area contributed by atoms with Crippen LogP contribution in [0.25, 0.3) is 0 Å². The van der Waals surface area contributed by atoms with Gasteiger partial charge in [-0.25, -0.2) is 0 Å². The molecule has 0 amide bonds. The van der Waals surface area contributed by atoms with Gasteiger partial charge in [0.25, 0.3) is 0 Å². The van der Waals surface area contributed by atoms with Crippen LogP contribution in [-0.2, 0) is 4.74 Å². The summed E-state index contributed by atoms with van der Waals surface area (Å²) in [6.45, 7) is 11.1. The minimum absolute atomic E-state index is 0.506. The van der Waals surface area contributed by atoms with Gasteiger partial charge in [0.2, 0.25) is 0 Å². The smallest absolute Gasteiger partial charge is 0.119 e. The van der Waals surface area contributed by atoms with Crippen LogP contribution in [0.15, 0.2) is 49.8 Å². The fourth-order valence-electron chi connectivity index (χ4n) is 0.446. The lowest BCUT2D eigenvalue weighted by molar-refractivity contribution is 0.262. The fourth-order valence-corrected chi connectivity index (χ4v) is 0.446. The Hall–Kier alpha value is -1.24. The van der Waals surface area contributed by atoms with Crippen molar-refractivity contribution in [1.82, 2.24) is 0 Å². The van der Waals surface area contributed by atoms with Crippen LogP contribution in [0.3, 0.4) is 0 Å². The number of hydrogen-bond acceptors (Lipinski definition) is 1. The molecule has 54 valence electrons. The lowest BCUT2D eigenvalue weighted by Crippen LogP contribution is -1.87. The molecule has 0 saturated carbocycles. The van der Waals surface area contributed by atoms with Gasteiger partial charge in [0, 0.05) is 0 Å². The normalized spacial score (nSPS) is 10.2. The van der Waals surface area contributed by atoms with E-state index in [1.165, 1.54) is 0 Å². The first-order valence-corrected chi connectivity index (χ1v) is 3.04. The highest BCUT2D eigenvalue weighted by Gasteiger charge is 1.84. The molecule has 0 fully saturated rings. The summed E-state index contributed by atoms with van der Waals surface area (Å²) in [5.74, 6) is 0.718. The van der Waals surface area contributed by atoms with E-state index in [1.807, 2.05) is 0 Å². The van der Waals surface area contributed by atoms with Crippen LogP contribution in [0.1, 0.15) is 0 Å². The molecule has 1 heteroatoms. The van der Waals surface area contributed by atoms with E-state index in [9.17, 15) is 0 Å². The molecule has 0 radical (unpaired) electrons. The van der Waals surface area contributed by atoms with Crippen molar-refractivity contribution in [3.8, 4) is 0 Å². The van der Waals surface area contributed by atoms with E-state index in [-0.39, 0.29) is 0 Å². The molecule has 10 heavy (non-hydrogen) atoms. The molecule has 0 bridgehead atoms. The molecule has 1 nitrogen and oxygen atoms in total. The second-order valence-electron chi connectivity index (χ2n) is 1.61. The van der Waals surface area contributed by atoms with Crippen molar-refractivity contribution in [3.63, 3.8) is 0 Å². The van der Waals surface area contributed by atoms with E-state index < -0.39 is 0 Å². The lowest BCUT2D eigenvalue weighted by atomic mass is 10.4. The molecule has 0 spiro atoms. The van der Waals surface area contributed by atoms with Crippen LogP contribution in [0.4, 0.5) is 0 Å². The number of rotatable bonds is 5. The van der Waals surface area contributed by atoms with E-state index >= 15 is 0 Å². The minimum atomic E-state index is 0.506. The van der Waals surface area contributed by atoms with E-state index in [0.29, 0.717) is 6.61 Å². The first-order chi connectivity index (χ1) is 4.85. The van der Waals surface area contributed by atoms with Crippen LogP contribution >= 0.6 is 0 Å². The summed E-state index contributed by atoms with van der Waals surface area (Å²) in [7, 11) is 0. The van der Waals surface area contributed by atoms with Crippen LogP contribution in [-0.4, -0.2) is 6.61 Å². The van der Waals surface area contributed by atoms with Crippen molar-refractivity contribution in [2.45, 2.75) is 0 Å². The number of ether oxygens (including phenoxy) is 1. The molecule has 0 heterocycles. The quantitative estimate of drug-likeness (QED) is 0.320. The summed E-state index contributed by atoms with van der Waals surface area (Å²) >= 11 is 0. The summed E-state index contributed by atoms with van der Waals surface area (Å²) in [5, 5.41) is 0. The Bertz CT molecular complexity index is 154. The maximum absolute atomic E-state index is 5.13. The van der Waals surface area contributed by atoms with Gasteiger partial charge in [0.05, 0.1) is 0 Å². The summed E-state index contributed by atoms with van der Waals surface area (Å²) < 4.78 is 5.13. The van der Waals surface area contributed by atoms with E-state index in [4.69, 9.17) is 4.74 Å². The first kappa shape index (κ1) is 8.76. The molecule has 0 aromatic heterocycles. The van der Waals surface area contributed by atoms with Gasteiger partial charge >= 0.3 is 0 Å². The Morgan fingerprint density at radius 1 is 1.30 bits per heavy atom. The molecule has 0 saturated heterocycles. The van der Waals surface area contributed by atoms with Gasteiger partial charge in [-0.2, -0.15) is 0 Å². The predicted molar refractivity (Wildman–Crippen MR) is 44.6 cm³/mol. The van der Waals surface area contributed by atoms with Gasteiger partial charge in [-0.1, -0.05) is 31.9 Å². The Balaban J connectivity index is 3.81. The van der Waals surface area contributed by atoms with Crippen LogP contribution in [0, 0.1) is 0 Å². The highest BCUT2D eigenvalue weighted by molar-refractivity contribution is 5.14.